The highest BCUT2D eigenvalue weighted by Gasteiger charge is 2.04. The summed E-state index contributed by atoms with van der Waals surface area (Å²) in [6.45, 7) is 18.8. The summed E-state index contributed by atoms with van der Waals surface area (Å²) in [5, 5.41) is 2.47. The zero-order valence-corrected chi connectivity index (χ0v) is 16.6. The molecule has 0 aromatic heterocycles. The van der Waals surface area contributed by atoms with Gasteiger partial charge in [0.05, 0.1) is 0 Å². The maximum Gasteiger partial charge on any atom is 0.0163 e. The minimum atomic E-state index is 0.965. The maximum absolute atomic E-state index is 3.83. The van der Waals surface area contributed by atoms with Crippen molar-refractivity contribution in [2.24, 2.45) is 0 Å². The molecular weight excluding hydrogens is 294 g/mol. The molecule has 0 saturated heterocycles. The highest BCUT2D eigenvalue weighted by atomic mass is 15.5. The van der Waals surface area contributed by atoms with Crippen LogP contribution in [-0.4, -0.2) is 49.2 Å². The molecule has 0 atom stereocenters. The fraction of sp³-hybridized carbons (Fsp3) is 0.810. The van der Waals surface area contributed by atoms with Crippen molar-refractivity contribution in [3.63, 3.8) is 0 Å². The van der Waals surface area contributed by atoms with E-state index in [1.54, 1.807) is 0 Å². The van der Waals surface area contributed by atoms with Crippen LogP contribution in [-0.2, 0) is 0 Å². The van der Waals surface area contributed by atoms with Gasteiger partial charge >= 0.3 is 0 Å². The van der Waals surface area contributed by atoms with Crippen molar-refractivity contribution in [2.45, 2.75) is 71.6 Å². The van der Waals surface area contributed by atoms with Crippen molar-refractivity contribution in [2.75, 3.05) is 39.3 Å². The van der Waals surface area contributed by atoms with Gasteiger partial charge in [0.15, 0.2) is 0 Å². The molecule has 142 valence electrons. The third kappa shape index (κ3) is 14.9. The van der Waals surface area contributed by atoms with Gasteiger partial charge in [-0.1, -0.05) is 58.1 Å². The largest absolute Gasteiger partial charge is 0.296 e. The lowest BCUT2D eigenvalue weighted by Gasteiger charge is -2.23. The number of nitrogens with one attached hydrogen (secondary N) is 1. The highest BCUT2D eigenvalue weighted by Crippen LogP contribution is 2.02. The van der Waals surface area contributed by atoms with Crippen LogP contribution >= 0.6 is 0 Å². The summed E-state index contributed by atoms with van der Waals surface area (Å²) in [6, 6.07) is 0. The summed E-state index contributed by atoms with van der Waals surface area (Å²) in [6.07, 6.45) is 15.7. The second-order valence-electron chi connectivity index (χ2n) is 6.71. The van der Waals surface area contributed by atoms with Gasteiger partial charge in [0.2, 0.25) is 0 Å². The molecule has 0 saturated carbocycles. The van der Waals surface area contributed by atoms with Crippen molar-refractivity contribution in [1.82, 2.24) is 15.3 Å². The fourth-order valence-corrected chi connectivity index (χ4v) is 2.87. The van der Waals surface area contributed by atoms with Crippen LogP contribution in [0.3, 0.4) is 0 Å². The monoisotopic (exact) mass is 337 g/mol. The Hall–Kier alpha value is -0.640. The van der Waals surface area contributed by atoms with Crippen molar-refractivity contribution in [3.05, 3.63) is 25.3 Å². The summed E-state index contributed by atoms with van der Waals surface area (Å²) in [4.78, 5) is 2.40. The van der Waals surface area contributed by atoms with Gasteiger partial charge < -0.3 is 0 Å². The van der Waals surface area contributed by atoms with Gasteiger partial charge in [0.1, 0.15) is 0 Å². The van der Waals surface area contributed by atoms with E-state index in [4.69, 9.17) is 0 Å². The van der Waals surface area contributed by atoms with Crippen LogP contribution in [0.2, 0.25) is 0 Å². The minimum Gasteiger partial charge on any atom is -0.296 e. The first-order valence-electron chi connectivity index (χ1n) is 10.2. The van der Waals surface area contributed by atoms with Gasteiger partial charge in [-0.15, -0.1) is 13.2 Å². The van der Waals surface area contributed by atoms with E-state index in [9.17, 15) is 0 Å². The summed E-state index contributed by atoms with van der Waals surface area (Å²) in [7, 11) is 0. The molecule has 0 aliphatic carbocycles. The van der Waals surface area contributed by atoms with Crippen molar-refractivity contribution in [3.8, 4) is 0 Å². The Morgan fingerprint density at radius 2 is 1.25 bits per heavy atom. The Bertz CT molecular complexity index is 258. The zero-order chi connectivity index (χ0) is 17.9. The molecule has 1 N–H and O–H groups in total. The van der Waals surface area contributed by atoms with Crippen molar-refractivity contribution in [1.29, 1.82) is 0 Å². The zero-order valence-electron chi connectivity index (χ0n) is 16.6. The number of hydrogen-bond donors (Lipinski definition) is 1. The normalized spacial score (nSPS) is 11.3. The Kier molecular flexibility index (Phi) is 18.2. The van der Waals surface area contributed by atoms with Gasteiger partial charge in [-0.3, -0.25) is 10.3 Å². The van der Waals surface area contributed by atoms with E-state index in [1.807, 2.05) is 12.2 Å². The molecule has 0 rings (SSSR count). The van der Waals surface area contributed by atoms with E-state index in [2.05, 4.69) is 42.3 Å². The van der Waals surface area contributed by atoms with E-state index in [-0.39, 0.29) is 0 Å². The van der Waals surface area contributed by atoms with Crippen LogP contribution < -0.4 is 5.43 Å². The molecule has 3 heteroatoms. The quantitative estimate of drug-likeness (QED) is 0.203. The summed E-state index contributed by atoms with van der Waals surface area (Å²) in [5.74, 6) is 0. The van der Waals surface area contributed by atoms with Crippen LogP contribution in [0.15, 0.2) is 25.3 Å². The topological polar surface area (TPSA) is 18.5 Å². The van der Waals surface area contributed by atoms with E-state index in [0.717, 1.165) is 26.2 Å². The van der Waals surface area contributed by atoms with E-state index in [0.29, 0.717) is 0 Å². The number of unbranched alkanes of at least 4 members (excludes halogenated alkanes) is 6. The highest BCUT2D eigenvalue weighted by molar-refractivity contribution is 4.79. The molecule has 0 aromatic rings. The SMILES string of the molecule is C=CCN(CC=C)CCCCCNN(CCCCC)CCCCC. The lowest BCUT2D eigenvalue weighted by Crippen LogP contribution is -2.40. The average molecular weight is 338 g/mol. The molecule has 0 heterocycles. The molecule has 24 heavy (non-hydrogen) atoms. The number of hydrazine groups is 1. The standard InChI is InChI=1S/C21H43N3/c1-5-9-13-20-24(21-14-10-6-2)22-16-12-11-15-19-23(17-7-3)18-8-4/h7-8,22H,3-6,9-21H2,1-2H3. The fourth-order valence-electron chi connectivity index (χ4n) is 2.87. The molecule has 0 radical (unpaired) electrons. The van der Waals surface area contributed by atoms with Gasteiger partial charge in [-0.05, 0) is 32.2 Å². The smallest absolute Gasteiger partial charge is 0.0163 e. The summed E-state index contributed by atoms with van der Waals surface area (Å²) in [5.41, 5.74) is 3.66. The van der Waals surface area contributed by atoms with Gasteiger partial charge in [-0.25, -0.2) is 5.01 Å². The Labute approximate surface area is 152 Å². The first-order chi connectivity index (χ1) is 11.8. The number of rotatable bonds is 19. The number of hydrogen-bond acceptors (Lipinski definition) is 3. The van der Waals surface area contributed by atoms with Gasteiger partial charge in [-0.2, -0.15) is 0 Å². The predicted octanol–water partition coefficient (Wildman–Crippen LogP) is 5.02. The van der Waals surface area contributed by atoms with Crippen LogP contribution in [0.4, 0.5) is 0 Å². The van der Waals surface area contributed by atoms with Crippen LogP contribution in [0.5, 0.6) is 0 Å². The minimum absolute atomic E-state index is 0.965. The van der Waals surface area contributed by atoms with Crippen LogP contribution in [0.25, 0.3) is 0 Å². The molecule has 0 spiro atoms. The first kappa shape index (κ1) is 23.4. The van der Waals surface area contributed by atoms with Crippen LogP contribution in [0, 0.1) is 0 Å². The average Bonchev–Trinajstić information content (AvgIpc) is 2.58. The predicted molar refractivity (Wildman–Crippen MR) is 109 cm³/mol. The van der Waals surface area contributed by atoms with E-state index in [1.165, 1.54) is 70.9 Å². The molecule has 0 aliphatic rings. The summed E-state index contributed by atoms with van der Waals surface area (Å²) >= 11 is 0. The van der Waals surface area contributed by atoms with Crippen molar-refractivity contribution < 1.29 is 0 Å². The molecule has 0 amide bonds. The van der Waals surface area contributed by atoms with Gasteiger partial charge in [0.25, 0.3) is 0 Å². The van der Waals surface area contributed by atoms with Gasteiger partial charge in [0, 0.05) is 32.7 Å². The Morgan fingerprint density at radius 3 is 1.75 bits per heavy atom. The third-order valence-electron chi connectivity index (χ3n) is 4.32. The third-order valence-corrected chi connectivity index (χ3v) is 4.32. The van der Waals surface area contributed by atoms with E-state index >= 15 is 0 Å². The second-order valence-corrected chi connectivity index (χ2v) is 6.71. The lowest BCUT2D eigenvalue weighted by atomic mass is 10.2. The van der Waals surface area contributed by atoms with Crippen molar-refractivity contribution >= 4 is 0 Å². The molecule has 0 aromatic carbocycles. The number of nitrogens with zero attached hydrogens (tertiary/aromatic N) is 2. The molecule has 0 aliphatic heterocycles. The summed E-state index contributed by atoms with van der Waals surface area (Å²) < 4.78 is 0. The second kappa shape index (κ2) is 18.7. The molecular formula is C21H43N3. The molecule has 3 nitrogen and oxygen atoms in total. The Balaban J connectivity index is 3.78. The Morgan fingerprint density at radius 1 is 0.708 bits per heavy atom. The molecule has 0 fully saturated rings. The maximum atomic E-state index is 3.83. The molecule has 0 unspecified atom stereocenters. The first-order valence-corrected chi connectivity index (χ1v) is 10.2. The lowest BCUT2D eigenvalue weighted by molar-refractivity contribution is 0.178. The molecule has 0 bridgehead atoms. The van der Waals surface area contributed by atoms with Crippen LogP contribution in [0.1, 0.15) is 71.6 Å². The van der Waals surface area contributed by atoms with E-state index < -0.39 is 0 Å².